The Bertz CT molecular complexity index is 780. The van der Waals surface area contributed by atoms with Gasteiger partial charge in [-0.2, -0.15) is 0 Å². The number of nitrogens with two attached hydrogens (primary N) is 1. The van der Waals surface area contributed by atoms with Crippen molar-refractivity contribution < 1.29 is 22.4 Å². The molecule has 1 heterocycles. The molecule has 8 heteroatoms. The molecule has 0 saturated heterocycles. The van der Waals surface area contributed by atoms with Gasteiger partial charge in [-0.15, -0.1) is 0 Å². The van der Waals surface area contributed by atoms with Crippen molar-refractivity contribution in [2.45, 2.75) is 32.6 Å². The predicted octanol–water partition coefficient (Wildman–Crippen LogP) is 2.37. The van der Waals surface area contributed by atoms with E-state index < -0.39 is 10.1 Å². The first-order valence-corrected chi connectivity index (χ1v) is 9.38. The summed E-state index contributed by atoms with van der Waals surface area (Å²) < 4.78 is 40.1. The lowest BCUT2D eigenvalue weighted by Gasteiger charge is -2.14. The van der Waals surface area contributed by atoms with Crippen LogP contribution in [0.2, 0.25) is 0 Å². The number of nitrogen functional groups attached to an aromatic ring is 1. The summed E-state index contributed by atoms with van der Waals surface area (Å²) in [6.07, 6.45) is 3.47. The second-order valence-corrected chi connectivity index (χ2v) is 7.48. The predicted molar refractivity (Wildman–Crippen MR) is 94.3 cm³/mol. The maximum atomic E-state index is 10.8. The van der Waals surface area contributed by atoms with Crippen molar-refractivity contribution in [2.24, 2.45) is 0 Å². The zero-order valence-electron chi connectivity index (χ0n) is 14.0. The molecule has 0 aliphatic rings. The van der Waals surface area contributed by atoms with Gasteiger partial charge in [-0.05, 0) is 54.8 Å². The summed E-state index contributed by atoms with van der Waals surface area (Å²) in [5.41, 5.74) is 2.00. The first-order valence-electron chi connectivity index (χ1n) is 7.18. The van der Waals surface area contributed by atoms with E-state index >= 15 is 0 Å². The van der Waals surface area contributed by atoms with Gasteiger partial charge < -0.3 is 9.29 Å². The van der Waals surface area contributed by atoms with Gasteiger partial charge in [0.25, 0.3) is 0 Å². The number of benzene rings is 1. The summed E-state index contributed by atoms with van der Waals surface area (Å²) in [5, 5.41) is 0. The highest BCUT2D eigenvalue weighted by Gasteiger charge is 2.09. The van der Waals surface area contributed by atoms with Crippen LogP contribution < -0.4 is 15.3 Å². The van der Waals surface area contributed by atoms with Crippen molar-refractivity contribution >= 4 is 26.0 Å². The highest BCUT2D eigenvalue weighted by Crippen LogP contribution is 2.20. The Morgan fingerprint density at radius 2 is 1.71 bits per heavy atom. The van der Waals surface area contributed by atoms with Gasteiger partial charge in [0.05, 0.1) is 16.0 Å². The molecule has 0 atom stereocenters. The summed E-state index contributed by atoms with van der Waals surface area (Å²) >= 11 is 3.30. The van der Waals surface area contributed by atoms with E-state index in [1.165, 1.54) is 4.68 Å². The van der Waals surface area contributed by atoms with Crippen LogP contribution in [-0.2, 0) is 10.1 Å². The van der Waals surface area contributed by atoms with E-state index in [4.69, 9.17) is 10.6 Å². The van der Waals surface area contributed by atoms with E-state index in [9.17, 15) is 13.0 Å². The monoisotopic (exact) mass is 416 g/mol. The molecule has 2 aromatic rings. The maximum Gasteiger partial charge on any atom is 0.240 e. The zero-order valence-corrected chi connectivity index (χ0v) is 16.4. The molecule has 0 fully saturated rings. The molecular weight excluding hydrogens is 396 g/mol. The van der Waals surface area contributed by atoms with Crippen molar-refractivity contribution in [3.05, 3.63) is 51.8 Å². The summed E-state index contributed by atoms with van der Waals surface area (Å²) in [6, 6.07) is 5.25. The molecule has 6 nitrogen and oxygen atoms in total. The Kier molecular flexibility index (Phi) is 7.19. The van der Waals surface area contributed by atoms with Crippen molar-refractivity contribution in [2.75, 3.05) is 12.4 Å². The molecule has 132 valence electrons. The van der Waals surface area contributed by atoms with Crippen molar-refractivity contribution in [1.82, 2.24) is 0 Å². The topological polar surface area (TPSA) is 96.3 Å². The molecule has 1 aromatic carbocycles. The summed E-state index contributed by atoms with van der Waals surface area (Å²) in [6.45, 7) is 7.70. The normalized spacial score (nSPS) is 10.8. The fourth-order valence-electron chi connectivity index (χ4n) is 2.34. The standard InChI is InChI=1S/C9H12O3S.C7H10BrN2O/c1-6-4-7(2)9(8(3)5-6)13(10,11)12;1-2-11-7-3-6(8)4-10(9)5-7/h4-5H,1-3H3,(H,10,11,12);3-5H,2,9H2,1H3/q;+1/p-1. The minimum atomic E-state index is -4.33. The second-order valence-electron chi connectivity index (χ2n) is 5.25. The van der Waals surface area contributed by atoms with Gasteiger partial charge in [0.2, 0.25) is 12.4 Å². The number of nitrogens with zero attached hydrogens (tertiary/aromatic N) is 1. The highest BCUT2D eigenvalue weighted by atomic mass is 79.9. The smallest absolute Gasteiger partial charge is 0.240 e. The van der Waals surface area contributed by atoms with E-state index in [0.717, 1.165) is 15.8 Å². The summed E-state index contributed by atoms with van der Waals surface area (Å²) in [4.78, 5) is -0.0851. The Morgan fingerprint density at radius 3 is 2.12 bits per heavy atom. The molecule has 2 rings (SSSR count). The highest BCUT2D eigenvalue weighted by molar-refractivity contribution is 9.10. The van der Waals surface area contributed by atoms with Gasteiger partial charge in [0.15, 0.2) is 5.75 Å². The van der Waals surface area contributed by atoms with Crippen LogP contribution in [0.1, 0.15) is 23.6 Å². The molecule has 0 unspecified atom stereocenters. The van der Waals surface area contributed by atoms with Crippen LogP contribution in [-0.4, -0.2) is 19.6 Å². The average Bonchev–Trinajstić information content (AvgIpc) is 2.35. The van der Waals surface area contributed by atoms with Gasteiger partial charge in [-0.3, -0.25) is 0 Å². The molecule has 1 aromatic heterocycles. The number of hydrogen-bond donors (Lipinski definition) is 1. The Hall–Kier alpha value is -1.64. The number of halogens is 1. The molecule has 24 heavy (non-hydrogen) atoms. The van der Waals surface area contributed by atoms with E-state index in [1.807, 2.05) is 19.9 Å². The minimum absolute atomic E-state index is 0.0851. The number of aromatic nitrogens is 1. The first kappa shape index (κ1) is 20.4. The first-order chi connectivity index (χ1) is 11.0. The van der Waals surface area contributed by atoms with Crippen LogP contribution in [0.5, 0.6) is 5.75 Å². The van der Waals surface area contributed by atoms with E-state index in [-0.39, 0.29) is 4.90 Å². The van der Waals surface area contributed by atoms with Gasteiger partial charge in [0, 0.05) is 6.07 Å². The fourth-order valence-corrected chi connectivity index (χ4v) is 3.71. The van der Waals surface area contributed by atoms with Gasteiger partial charge in [-0.1, -0.05) is 22.4 Å². The number of hydrogen-bond acceptors (Lipinski definition) is 5. The average molecular weight is 417 g/mol. The molecule has 0 aliphatic carbocycles. The van der Waals surface area contributed by atoms with Crippen LogP contribution in [0.15, 0.2) is 40.0 Å². The van der Waals surface area contributed by atoms with E-state index in [2.05, 4.69) is 15.9 Å². The quantitative estimate of drug-likeness (QED) is 0.470. The van der Waals surface area contributed by atoms with Crippen LogP contribution >= 0.6 is 15.9 Å². The zero-order chi connectivity index (χ0) is 18.5. The molecule has 0 saturated carbocycles. The number of rotatable bonds is 3. The van der Waals surface area contributed by atoms with Crippen molar-refractivity contribution in [3.63, 3.8) is 0 Å². The number of aryl methyl sites for hydroxylation is 3. The van der Waals surface area contributed by atoms with E-state index in [0.29, 0.717) is 17.7 Å². The van der Waals surface area contributed by atoms with E-state index in [1.54, 1.807) is 38.4 Å². The van der Waals surface area contributed by atoms with Crippen molar-refractivity contribution in [1.29, 1.82) is 0 Å². The van der Waals surface area contributed by atoms with Crippen LogP contribution in [0, 0.1) is 20.8 Å². The van der Waals surface area contributed by atoms with Gasteiger partial charge in [-0.25, -0.2) is 14.3 Å². The molecule has 0 radical (unpaired) electrons. The summed E-state index contributed by atoms with van der Waals surface area (Å²) in [5.74, 6) is 6.26. The Labute approximate surface area is 151 Å². The molecule has 0 amide bonds. The molecule has 0 spiro atoms. The van der Waals surface area contributed by atoms with Gasteiger partial charge >= 0.3 is 0 Å². The third kappa shape index (κ3) is 6.10. The number of pyridine rings is 1. The van der Waals surface area contributed by atoms with Crippen molar-refractivity contribution in [3.8, 4) is 5.75 Å². The third-order valence-corrected chi connectivity index (χ3v) is 4.57. The van der Waals surface area contributed by atoms with Crippen LogP contribution in [0.3, 0.4) is 0 Å². The number of ether oxygens (including phenoxy) is 1. The molecule has 0 aliphatic heterocycles. The SMILES string of the molecule is CCOc1cc(Br)c[n+](N)c1.Cc1cc(C)c(S(=O)(=O)[O-])c(C)c1. The molecular formula is C16H21BrN2O4S. The summed E-state index contributed by atoms with van der Waals surface area (Å²) in [7, 11) is -4.33. The van der Waals surface area contributed by atoms with Crippen LogP contribution in [0.4, 0.5) is 0 Å². The maximum absolute atomic E-state index is 10.8. The lowest BCUT2D eigenvalue weighted by atomic mass is 10.1. The van der Waals surface area contributed by atoms with Gasteiger partial charge in [0.1, 0.15) is 10.1 Å². The lowest BCUT2D eigenvalue weighted by molar-refractivity contribution is -0.639. The molecule has 2 N–H and O–H groups in total. The minimum Gasteiger partial charge on any atom is -0.744 e. The third-order valence-electron chi connectivity index (χ3n) is 2.99. The molecule has 0 bridgehead atoms. The van der Waals surface area contributed by atoms with Crippen LogP contribution in [0.25, 0.3) is 0 Å². The fraction of sp³-hybridized carbons (Fsp3) is 0.312. The Morgan fingerprint density at radius 1 is 1.17 bits per heavy atom. The largest absolute Gasteiger partial charge is 0.744 e. The second kappa shape index (κ2) is 8.46. The Balaban J connectivity index is 0.000000243. The lowest BCUT2D eigenvalue weighted by Crippen LogP contribution is -2.43.